The molecule has 0 aliphatic heterocycles. The van der Waals surface area contributed by atoms with Gasteiger partial charge in [0.15, 0.2) is 0 Å². The van der Waals surface area contributed by atoms with Crippen LogP contribution in [0.1, 0.15) is 6.42 Å². The van der Waals surface area contributed by atoms with Crippen molar-refractivity contribution in [3.05, 3.63) is 10.7 Å². The molecule has 0 saturated carbocycles. The molecular formula is C11H19BrN4O2. The maximum Gasteiger partial charge on any atom is 0.224 e. The van der Waals surface area contributed by atoms with Crippen molar-refractivity contribution in [3.63, 3.8) is 0 Å². The standard InChI is InChI=1S/C11H19BrN4O2/c1-13-11-15-8-9(12)10(16-11)14-4-3-5-18-7-6-17-2/h8H,3-7H2,1-2H3,(H2,13,14,15,16). The number of hydrogen-bond donors (Lipinski definition) is 2. The number of halogens is 1. The van der Waals surface area contributed by atoms with Crippen molar-refractivity contribution < 1.29 is 9.47 Å². The molecule has 7 heteroatoms. The fourth-order valence-corrected chi connectivity index (χ4v) is 1.57. The Balaban J connectivity index is 2.22. The van der Waals surface area contributed by atoms with Crippen molar-refractivity contribution in [2.75, 3.05) is 51.2 Å². The van der Waals surface area contributed by atoms with E-state index in [-0.39, 0.29) is 0 Å². The molecule has 0 radical (unpaired) electrons. The molecule has 0 saturated heterocycles. The number of anilines is 2. The van der Waals surface area contributed by atoms with Crippen LogP contribution in [-0.2, 0) is 9.47 Å². The summed E-state index contributed by atoms with van der Waals surface area (Å²) < 4.78 is 11.1. The van der Waals surface area contributed by atoms with Gasteiger partial charge in [0.25, 0.3) is 0 Å². The van der Waals surface area contributed by atoms with E-state index in [9.17, 15) is 0 Å². The van der Waals surface area contributed by atoms with Gasteiger partial charge in [-0.2, -0.15) is 4.98 Å². The molecular weight excluding hydrogens is 300 g/mol. The number of rotatable bonds is 9. The van der Waals surface area contributed by atoms with Crippen molar-refractivity contribution >= 4 is 27.7 Å². The molecule has 18 heavy (non-hydrogen) atoms. The molecule has 0 fully saturated rings. The van der Waals surface area contributed by atoms with E-state index in [1.807, 2.05) is 0 Å². The van der Waals surface area contributed by atoms with Gasteiger partial charge in [-0.05, 0) is 22.4 Å². The second-order valence-electron chi connectivity index (χ2n) is 3.53. The summed E-state index contributed by atoms with van der Waals surface area (Å²) in [5.41, 5.74) is 0. The van der Waals surface area contributed by atoms with Crippen LogP contribution in [0.15, 0.2) is 10.7 Å². The number of aromatic nitrogens is 2. The summed E-state index contributed by atoms with van der Waals surface area (Å²) in [5.74, 6) is 1.38. The van der Waals surface area contributed by atoms with E-state index in [1.165, 1.54) is 0 Å². The Morgan fingerprint density at radius 3 is 2.89 bits per heavy atom. The lowest BCUT2D eigenvalue weighted by Crippen LogP contribution is -2.10. The minimum atomic E-state index is 0.594. The van der Waals surface area contributed by atoms with Crippen LogP contribution in [0.3, 0.4) is 0 Å². The van der Waals surface area contributed by atoms with E-state index >= 15 is 0 Å². The minimum Gasteiger partial charge on any atom is -0.382 e. The smallest absolute Gasteiger partial charge is 0.224 e. The predicted octanol–water partition coefficient (Wildman–Crippen LogP) is 1.75. The van der Waals surface area contributed by atoms with E-state index < -0.39 is 0 Å². The third-order valence-electron chi connectivity index (χ3n) is 2.16. The maximum atomic E-state index is 5.37. The van der Waals surface area contributed by atoms with Crippen LogP contribution in [0.4, 0.5) is 11.8 Å². The predicted molar refractivity (Wildman–Crippen MR) is 75.1 cm³/mol. The molecule has 0 amide bonds. The third kappa shape index (κ3) is 5.61. The Labute approximate surface area is 116 Å². The summed E-state index contributed by atoms with van der Waals surface area (Å²) in [6.07, 6.45) is 2.63. The molecule has 0 aliphatic carbocycles. The first kappa shape index (κ1) is 15.1. The summed E-state index contributed by atoms with van der Waals surface area (Å²) in [5, 5.41) is 6.13. The number of nitrogens with one attached hydrogen (secondary N) is 2. The Morgan fingerprint density at radius 2 is 2.17 bits per heavy atom. The highest BCUT2D eigenvalue weighted by molar-refractivity contribution is 9.10. The quantitative estimate of drug-likeness (QED) is 0.676. The average molecular weight is 319 g/mol. The van der Waals surface area contributed by atoms with Crippen molar-refractivity contribution in [3.8, 4) is 0 Å². The van der Waals surface area contributed by atoms with Crippen LogP contribution in [0.5, 0.6) is 0 Å². The normalized spacial score (nSPS) is 10.4. The number of methoxy groups -OCH3 is 1. The maximum absolute atomic E-state index is 5.37. The van der Waals surface area contributed by atoms with Crippen LogP contribution in [0, 0.1) is 0 Å². The second-order valence-corrected chi connectivity index (χ2v) is 4.38. The lowest BCUT2D eigenvalue weighted by molar-refractivity contribution is 0.0705. The van der Waals surface area contributed by atoms with Crippen LogP contribution in [0.2, 0.25) is 0 Å². The highest BCUT2D eigenvalue weighted by atomic mass is 79.9. The summed E-state index contributed by atoms with van der Waals surface area (Å²) in [6.45, 7) is 2.78. The summed E-state index contributed by atoms with van der Waals surface area (Å²) >= 11 is 3.40. The lowest BCUT2D eigenvalue weighted by atomic mass is 10.4. The molecule has 1 aromatic rings. The van der Waals surface area contributed by atoms with Gasteiger partial charge in [0.05, 0.1) is 17.7 Å². The Hall–Kier alpha value is -0.920. The molecule has 0 atom stereocenters. The summed E-state index contributed by atoms with van der Waals surface area (Å²) in [7, 11) is 3.45. The van der Waals surface area contributed by atoms with Crippen molar-refractivity contribution in [1.82, 2.24) is 9.97 Å². The van der Waals surface area contributed by atoms with Gasteiger partial charge in [0.2, 0.25) is 5.95 Å². The highest BCUT2D eigenvalue weighted by Gasteiger charge is 2.03. The van der Waals surface area contributed by atoms with Gasteiger partial charge in [-0.25, -0.2) is 4.98 Å². The van der Waals surface area contributed by atoms with Gasteiger partial charge in [-0.1, -0.05) is 0 Å². The largest absolute Gasteiger partial charge is 0.382 e. The Morgan fingerprint density at radius 1 is 1.33 bits per heavy atom. The summed E-state index contributed by atoms with van der Waals surface area (Å²) in [6, 6.07) is 0. The first-order valence-electron chi connectivity index (χ1n) is 5.78. The van der Waals surface area contributed by atoms with Gasteiger partial charge >= 0.3 is 0 Å². The molecule has 0 spiro atoms. The molecule has 0 bridgehead atoms. The van der Waals surface area contributed by atoms with E-state index in [2.05, 4.69) is 36.5 Å². The molecule has 0 aliphatic rings. The average Bonchev–Trinajstić information content (AvgIpc) is 2.39. The zero-order valence-corrected chi connectivity index (χ0v) is 12.3. The molecule has 0 aromatic carbocycles. The van der Waals surface area contributed by atoms with Crippen molar-refractivity contribution in [2.45, 2.75) is 6.42 Å². The van der Waals surface area contributed by atoms with Gasteiger partial charge in [0, 0.05) is 33.5 Å². The molecule has 1 rings (SSSR count). The lowest BCUT2D eigenvalue weighted by Gasteiger charge is -2.09. The molecule has 2 N–H and O–H groups in total. The van der Waals surface area contributed by atoms with E-state index in [0.717, 1.165) is 23.3 Å². The van der Waals surface area contributed by atoms with Crippen LogP contribution in [0.25, 0.3) is 0 Å². The van der Waals surface area contributed by atoms with Crippen LogP contribution in [-0.4, -0.2) is 50.5 Å². The Bertz CT molecular complexity index is 352. The summed E-state index contributed by atoms with van der Waals surface area (Å²) in [4.78, 5) is 8.38. The zero-order valence-electron chi connectivity index (χ0n) is 10.7. The van der Waals surface area contributed by atoms with Gasteiger partial charge in [-0.15, -0.1) is 0 Å². The first-order chi connectivity index (χ1) is 8.77. The van der Waals surface area contributed by atoms with E-state index in [1.54, 1.807) is 20.4 Å². The second kappa shape index (κ2) is 9.07. The first-order valence-corrected chi connectivity index (χ1v) is 6.58. The monoisotopic (exact) mass is 318 g/mol. The zero-order chi connectivity index (χ0) is 13.2. The fraction of sp³-hybridized carbons (Fsp3) is 0.636. The van der Waals surface area contributed by atoms with E-state index in [0.29, 0.717) is 25.8 Å². The highest BCUT2D eigenvalue weighted by Crippen LogP contribution is 2.19. The molecule has 1 aromatic heterocycles. The third-order valence-corrected chi connectivity index (χ3v) is 2.74. The van der Waals surface area contributed by atoms with Gasteiger partial charge in [0.1, 0.15) is 5.82 Å². The van der Waals surface area contributed by atoms with Crippen LogP contribution < -0.4 is 10.6 Å². The molecule has 102 valence electrons. The SMILES string of the molecule is CNc1ncc(Br)c(NCCCOCCOC)n1. The topological polar surface area (TPSA) is 68.3 Å². The molecule has 0 unspecified atom stereocenters. The van der Waals surface area contributed by atoms with E-state index in [4.69, 9.17) is 9.47 Å². The molecule has 6 nitrogen and oxygen atoms in total. The van der Waals surface area contributed by atoms with Gasteiger partial charge < -0.3 is 20.1 Å². The van der Waals surface area contributed by atoms with Crippen molar-refractivity contribution in [2.24, 2.45) is 0 Å². The van der Waals surface area contributed by atoms with Crippen LogP contribution >= 0.6 is 15.9 Å². The number of nitrogens with zero attached hydrogens (tertiary/aromatic N) is 2. The molecule has 1 heterocycles. The number of hydrogen-bond acceptors (Lipinski definition) is 6. The fourth-order valence-electron chi connectivity index (χ4n) is 1.24. The van der Waals surface area contributed by atoms with Crippen molar-refractivity contribution in [1.29, 1.82) is 0 Å². The Kier molecular flexibility index (Phi) is 7.63. The number of ether oxygens (including phenoxy) is 2. The van der Waals surface area contributed by atoms with Gasteiger partial charge in [-0.3, -0.25) is 0 Å². The minimum absolute atomic E-state index is 0.594.